The van der Waals surface area contributed by atoms with E-state index in [0.717, 1.165) is 45.9 Å². The van der Waals surface area contributed by atoms with Crippen molar-refractivity contribution in [3.05, 3.63) is 59.2 Å². The summed E-state index contributed by atoms with van der Waals surface area (Å²) in [6.07, 6.45) is 2.53. The van der Waals surface area contributed by atoms with E-state index in [9.17, 15) is 4.79 Å². The minimum Gasteiger partial charge on any atom is -0.376 e. The summed E-state index contributed by atoms with van der Waals surface area (Å²) in [5.74, 6) is 0.0751. The third-order valence-corrected chi connectivity index (χ3v) is 6.28. The van der Waals surface area contributed by atoms with E-state index >= 15 is 0 Å². The van der Waals surface area contributed by atoms with Crippen molar-refractivity contribution in [1.82, 2.24) is 4.98 Å². The van der Waals surface area contributed by atoms with E-state index in [1.807, 2.05) is 35.2 Å². The number of nitrogens with zero attached hydrogens (tertiary/aromatic N) is 2. The van der Waals surface area contributed by atoms with Gasteiger partial charge in [0.1, 0.15) is 0 Å². The number of carbonyl (C=O) groups excluding carboxylic acids is 1. The highest BCUT2D eigenvalue weighted by Crippen LogP contribution is 2.34. The van der Waals surface area contributed by atoms with Gasteiger partial charge in [0.25, 0.3) is 0 Å². The van der Waals surface area contributed by atoms with Crippen LogP contribution in [0.5, 0.6) is 0 Å². The van der Waals surface area contributed by atoms with Gasteiger partial charge in [-0.25, -0.2) is 4.98 Å². The molecular formula is C22H24N2O2S. The first-order chi connectivity index (χ1) is 13.1. The average molecular weight is 381 g/mol. The van der Waals surface area contributed by atoms with Crippen LogP contribution in [0.1, 0.15) is 29.5 Å². The predicted octanol–water partition coefficient (Wildman–Crippen LogP) is 4.67. The van der Waals surface area contributed by atoms with Crippen molar-refractivity contribution < 1.29 is 9.53 Å². The lowest BCUT2D eigenvalue weighted by Gasteiger charge is -2.23. The first-order valence-electron chi connectivity index (χ1n) is 9.44. The lowest BCUT2D eigenvalue weighted by atomic mass is 10.1. The second-order valence-electron chi connectivity index (χ2n) is 7.18. The number of anilines is 1. The highest BCUT2D eigenvalue weighted by atomic mass is 32.1. The molecule has 1 aromatic heterocycles. The molecule has 3 aromatic rings. The number of aromatic nitrogens is 1. The molecule has 1 aliphatic rings. The number of aryl methyl sites for hydroxylation is 2. The molecule has 4 nitrogen and oxygen atoms in total. The van der Waals surface area contributed by atoms with Gasteiger partial charge in [0, 0.05) is 6.61 Å². The number of fused-ring (bicyclic) bond motifs is 1. The fourth-order valence-electron chi connectivity index (χ4n) is 3.51. The summed E-state index contributed by atoms with van der Waals surface area (Å²) in [6, 6.07) is 14.1. The number of ether oxygens (including phenoxy) is 1. The molecule has 4 rings (SSSR count). The number of amides is 1. The average Bonchev–Trinajstić information content (AvgIpc) is 3.34. The summed E-state index contributed by atoms with van der Waals surface area (Å²) in [5.41, 5.74) is 4.37. The summed E-state index contributed by atoms with van der Waals surface area (Å²) in [5, 5.41) is 0.777. The molecule has 0 spiro atoms. The van der Waals surface area contributed by atoms with Gasteiger partial charge < -0.3 is 4.74 Å². The Kier molecular flexibility index (Phi) is 5.23. The molecule has 2 aromatic carbocycles. The topological polar surface area (TPSA) is 42.4 Å². The van der Waals surface area contributed by atoms with E-state index in [1.54, 1.807) is 11.3 Å². The summed E-state index contributed by atoms with van der Waals surface area (Å²) < 4.78 is 6.97. The van der Waals surface area contributed by atoms with Crippen LogP contribution in [0.15, 0.2) is 42.5 Å². The molecule has 0 aliphatic carbocycles. The van der Waals surface area contributed by atoms with Crippen LogP contribution in [0.2, 0.25) is 0 Å². The van der Waals surface area contributed by atoms with E-state index in [-0.39, 0.29) is 12.0 Å². The molecule has 1 fully saturated rings. The van der Waals surface area contributed by atoms with Crippen molar-refractivity contribution in [2.75, 3.05) is 18.1 Å². The van der Waals surface area contributed by atoms with E-state index < -0.39 is 0 Å². The zero-order valence-corrected chi connectivity index (χ0v) is 16.6. The maximum Gasteiger partial charge on any atom is 0.233 e. The fraction of sp³-hybridized carbons (Fsp3) is 0.364. The number of rotatable bonds is 5. The van der Waals surface area contributed by atoms with Crippen molar-refractivity contribution >= 4 is 32.6 Å². The number of thiazole rings is 1. The maximum atomic E-state index is 13.2. The second-order valence-corrected chi connectivity index (χ2v) is 8.15. The summed E-state index contributed by atoms with van der Waals surface area (Å²) in [6.45, 7) is 5.52. The van der Waals surface area contributed by atoms with Gasteiger partial charge in [-0.05, 0) is 43.4 Å². The van der Waals surface area contributed by atoms with Crippen molar-refractivity contribution in [3.8, 4) is 0 Å². The van der Waals surface area contributed by atoms with Crippen molar-refractivity contribution in [2.45, 2.75) is 39.2 Å². The van der Waals surface area contributed by atoms with Crippen LogP contribution < -0.4 is 4.90 Å². The fourth-order valence-corrected chi connectivity index (χ4v) is 4.65. The molecule has 27 heavy (non-hydrogen) atoms. The van der Waals surface area contributed by atoms with Crippen LogP contribution in [-0.4, -0.2) is 30.1 Å². The van der Waals surface area contributed by atoms with Crippen molar-refractivity contribution in [1.29, 1.82) is 0 Å². The maximum absolute atomic E-state index is 13.2. The highest BCUT2D eigenvalue weighted by molar-refractivity contribution is 7.22. The van der Waals surface area contributed by atoms with Crippen LogP contribution in [0, 0.1) is 13.8 Å². The smallest absolute Gasteiger partial charge is 0.233 e. The first kappa shape index (κ1) is 18.1. The number of hydrogen-bond acceptors (Lipinski definition) is 4. The monoisotopic (exact) mass is 380 g/mol. The zero-order valence-electron chi connectivity index (χ0n) is 15.8. The Morgan fingerprint density at radius 3 is 2.67 bits per heavy atom. The van der Waals surface area contributed by atoms with Crippen LogP contribution >= 0.6 is 11.3 Å². The third kappa shape index (κ3) is 3.89. The zero-order chi connectivity index (χ0) is 18.8. The van der Waals surface area contributed by atoms with E-state index in [0.29, 0.717) is 13.0 Å². The molecule has 1 aliphatic heterocycles. The molecule has 140 valence electrons. The molecule has 1 atom stereocenters. The standard InChI is InChI=1S/C22H24N2O2S/c1-15-10-11-16(2)21-20(15)23-22(27-21)24(14-18-9-6-12-26-18)19(25)13-17-7-4-3-5-8-17/h3-5,7-8,10-11,18H,6,9,12-14H2,1-2H3. The predicted molar refractivity (Wildman–Crippen MR) is 111 cm³/mol. The number of benzene rings is 2. The largest absolute Gasteiger partial charge is 0.376 e. The van der Waals surface area contributed by atoms with E-state index in [1.165, 1.54) is 5.56 Å². The molecule has 1 unspecified atom stereocenters. The molecule has 2 heterocycles. The minimum atomic E-state index is 0.0751. The molecule has 0 bridgehead atoms. The van der Waals surface area contributed by atoms with Crippen molar-refractivity contribution in [3.63, 3.8) is 0 Å². The Morgan fingerprint density at radius 2 is 1.96 bits per heavy atom. The lowest BCUT2D eigenvalue weighted by Crippen LogP contribution is -2.38. The molecule has 0 saturated carbocycles. The summed E-state index contributed by atoms with van der Waals surface area (Å²) in [7, 11) is 0. The normalized spacial score (nSPS) is 16.7. The highest BCUT2D eigenvalue weighted by Gasteiger charge is 2.26. The quantitative estimate of drug-likeness (QED) is 0.646. The van der Waals surface area contributed by atoms with Gasteiger partial charge in [-0.2, -0.15) is 0 Å². The van der Waals surface area contributed by atoms with Crippen LogP contribution in [-0.2, 0) is 16.0 Å². The Morgan fingerprint density at radius 1 is 1.19 bits per heavy atom. The van der Waals surface area contributed by atoms with Gasteiger partial charge in [-0.15, -0.1) is 0 Å². The molecular weight excluding hydrogens is 356 g/mol. The van der Waals surface area contributed by atoms with E-state index in [2.05, 4.69) is 26.0 Å². The van der Waals surface area contributed by atoms with Gasteiger partial charge >= 0.3 is 0 Å². The van der Waals surface area contributed by atoms with Gasteiger partial charge in [0.2, 0.25) is 5.91 Å². The molecule has 0 N–H and O–H groups in total. The van der Waals surface area contributed by atoms with Gasteiger partial charge in [-0.3, -0.25) is 9.69 Å². The number of hydrogen-bond donors (Lipinski definition) is 0. The number of carbonyl (C=O) groups is 1. The van der Waals surface area contributed by atoms with Gasteiger partial charge in [0.05, 0.1) is 29.3 Å². The molecule has 1 saturated heterocycles. The molecule has 1 amide bonds. The molecule has 5 heteroatoms. The van der Waals surface area contributed by atoms with Crippen molar-refractivity contribution in [2.24, 2.45) is 0 Å². The van der Waals surface area contributed by atoms with E-state index in [4.69, 9.17) is 9.72 Å². The second kappa shape index (κ2) is 7.79. The first-order valence-corrected chi connectivity index (χ1v) is 10.3. The lowest BCUT2D eigenvalue weighted by molar-refractivity contribution is -0.118. The Labute approximate surface area is 163 Å². The third-order valence-electron chi connectivity index (χ3n) is 5.07. The molecule has 0 radical (unpaired) electrons. The minimum absolute atomic E-state index is 0.0751. The summed E-state index contributed by atoms with van der Waals surface area (Å²) >= 11 is 1.61. The van der Waals surface area contributed by atoms with Gasteiger partial charge in [-0.1, -0.05) is 53.8 Å². The Hall–Kier alpha value is -2.24. The summed E-state index contributed by atoms with van der Waals surface area (Å²) in [4.78, 5) is 19.9. The Bertz CT molecular complexity index is 907. The van der Waals surface area contributed by atoms with Gasteiger partial charge in [0.15, 0.2) is 5.13 Å². The van der Waals surface area contributed by atoms with Crippen LogP contribution in [0.4, 0.5) is 5.13 Å². The van der Waals surface area contributed by atoms with Crippen LogP contribution in [0.25, 0.3) is 10.2 Å². The SMILES string of the molecule is Cc1ccc(C)c2sc(N(CC3CCCO3)C(=O)Cc3ccccc3)nc12. The van der Waals surface area contributed by atoms with Crippen LogP contribution in [0.3, 0.4) is 0 Å². The Balaban J connectivity index is 1.67.